The lowest BCUT2D eigenvalue weighted by Gasteiger charge is -2.17. The van der Waals surface area contributed by atoms with E-state index in [9.17, 15) is 0 Å². The van der Waals surface area contributed by atoms with Crippen LogP contribution in [0.5, 0.6) is 0 Å². The smallest absolute Gasteiger partial charge is 0.132 e. The van der Waals surface area contributed by atoms with Gasteiger partial charge in [-0.2, -0.15) is 5.26 Å². The normalized spacial score (nSPS) is 18.3. The van der Waals surface area contributed by atoms with Gasteiger partial charge in [-0.3, -0.25) is 0 Å². The van der Waals surface area contributed by atoms with E-state index < -0.39 is 0 Å². The van der Waals surface area contributed by atoms with Gasteiger partial charge in [-0.05, 0) is 67.1 Å². The lowest BCUT2D eigenvalue weighted by Crippen LogP contribution is -2.26. The Hall–Kier alpha value is -3.50. The van der Waals surface area contributed by atoms with Crippen LogP contribution in [0.15, 0.2) is 48.8 Å². The van der Waals surface area contributed by atoms with Crippen LogP contribution in [0.3, 0.4) is 0 Å². The molecule has 1 aliphatic carbocycles. The molecule has 3 N–H and O–H groups in total. The number of anilines is 3. The quantitative estimate of drug-likeness (QED) is 0.678. The fourth-order valence-corrected chi connectivity index (χ4v) is 3.84. The van der Waals surface area contributed by atoms with Crippen molar-refractivity contribution in [3.8, 4) is 17.3 Å². The predicted molar refractivity (Wildman–Crippen MR) is 116 cm³/mol. The molecule has 3 aromatic rings. The standard InChI is InChI=1S/C23H23N7/c24-12-15-5-7-26-21(9-15)29-22-11-18(16-1-2-16)10-20(28-22)17-3-4-23(27-13-17)30-8-6-19(25)14-30/h3-5,7,9-11,13,16,19H,1-2,6,8,14,25H2,(H,26,28,29)/t19-/m1/s1. The number of pyridine rings is 3. The molecule has 0 bridgehead atoms. The summed E-state index contributed by atoms with van der Waals surface area (Å²) >= 11 is 0. The van der Waals surface area contributed by atoms with Crippen molar-refractivity contribution in [3.63, 3.8) is 0 Å². The lowest BCUT2D eigenvalue weighted by molar-refractivity contribution is 0.751. The molecule has 0 aromatic carbocycles. The summed E-state index contributed by atoms with van der Waals surface area (Å²) in [5.41, 5.74) is 9.72. The lowest BCUT2D eigenvalue weighted by atomic mass is 10.1. The van der Waals surface area contributed by atoms with Crippen LogP contribution in [0.25, 0.3) is 11.3 Å². The molecule has 7 heteroatoms. The Morgan fingerprint density at radius 1 is 1.07 bits per heavy atom. The third-order valence-corrected chi connectivity index (χ3v) is 5.63. The minimum Gasteiger partial charge on any atom is -0.355 e. The van der Waals surface area contributed by atoms with E-state index in [1.54, 1.807) is 18.3 Å². The molecule has 3 aromatic heterocycles. The fraction of sp³-hybridized carbons (Fsp3) is 0.304. The number of nitrogens with zero attached hydrogens (tertiary/aromatic N) is 5. The molecule has 30 heavy (non-hydrogen) atoms. The maximum atomic E-state index is 9.12. The summed E-state index contributed by atoms with van der Waals surface area (Å²) < 4.78 is 0. The second-order valence-corrected chi connectivity index (χ2v) is 8.01. The SMILES string of the molecule is N#Cc1ccnc(Nc2cc(C3CC3)cc(-c3ccc(N4CC[C@@H](N)C4)nc3)n2)c1. The van der Waals surface area contributed by atoms with Gasteiger partial charge in [0.15, 0.2) is 0 Å². The van der Waals surface area contributed by atoms with Crippen molar-refractivity contribution in [1.82, 2.24) is 15.0 Å². The molecule has 1 atom stereocenters. The van der Waals surface area contributed by atoms with E-state index in [0.717, 1.165) is 42.4 Å². The van der Waals surface area contributed by atoms with Crippen LogP contribution in [0, 0.1) is 11.3 Å². The molecule has 0 unspecified atom stereocenters. The molecule has 7 nitrogen and oxygen atoms in total. The third-order valence-electron chi connectivity index (χ3n) is 5.63. The summed E-state index contributed by atoms with van der Waals surface area (Å²) in [5, 5.41) is 12.4. The minimum absolute atomic E-state index is 0.227. The zero-order chi connectivity index (χ0) is 20.5. The van der Waals surface area contributed by atoms with Gasteiger partial charge in [-0.25, -0.2) is 15.0 Å². The van der Waals surface area contributed by atoms with E-state index in [1.807, 2.05) is 12.3 Å². The van der Waals surface area contributed by atoms with Gasteiger partial charge in [0.1, 0.15) is 17.5 Å². The molecule has 0 amide bonds. The Bertz CT molecular complexity index is 1100. The van der Waals surface area contributed by atoms with E-state index in [2.05, 4.69) is 44.5 Å². The van der Waals surface area contributed by atoms with Crippen molar-refractivity contribution in [2.75, 3.05) is 23.3 Å². The van der Waals surface area contributed by atoms with Gasteiger partial charge in [0, 0.05) is 37.1 Å². The summed E-state index contributed by atoms with van der Waals surface area (Å²) in [5.74, 6) is 2.89. The van der Waals surface area contributed by atoms with Gasteiger partial charge in [-0.15, -0.1) is 0 Å². The van der Waals surface area contributed by atoms with Gasteiger partial charge in [0.2, 0.25) is 0 Å². The molecule has 1 saturated heterocycles. The molecule has 1 saturated carbocycles. The summed E-state index contributed by atoms with van der Waals surface area (Å²) in [6.07, 6.45) is 6.93. The zero-order valence-corrected chi connectivity index (χ0v) is 16.6. The van der Waals surface area contributed by atoms with Crippen LogP contribution in [0.2, 0.25) is 0 Å². The number of aromatic nitrogens is 3. The van der Waals surface area contributed by atoms with Crippen molar-refractivity contribution < 1.29 is 0 Å². The van der Waals surface area contributed by atoms with Gasteiger partial charge in [-0.1, -0.05) is 0 Å². The first-order chi connectivity index (χ1) is 14.7. The summed E-state index contributed by atoms with van der Waals surface area (Å²) in [6, 6.07) is 14.1. The van der Waals surface area contributed by atoms with Crippen molar-refractivity contribution >= 4 is 17.5 Å². The molecule has 2 fully saturated rings. The third kappa shape index (κ3) is 3.95. The molecule has 4 heterocycles. The molecule has 0 radical (unpaired) electrons. The second-order valence-electron chi connectivity index (χ2n) is 8.01. The number of nitrogens with two attached hydrogens (primary N) is 1. The van der Waals surface area contributed by atoms with E-state index in [1.165, 1.54) is 18.4 Å². The minimum atomic E-state index is 0.227. The predicted octanol–water partition coefficient (Wildman–Crippen LogP) is 3.57. The fourth-order valence-electron chi connectivity index (χ4n) is 3.84. The van der Waals surface area contributed by atoms with E-state index in [4.69, 9.17) is 16.0 Å². The van der Waals surface area contributed by atoms with Crippen LogP contribution in [-0.2, 0) is 0 Å². The molecule has 2 aliphatic rings. The van der Waals surface area contributed by atoms with Crippen LogP contribution in [0.4, 0.5) is 17.5 Å². The Balaban J connectivity index is 1.43. The largest absolute Gasteiger partial charge is 0.355 e. The van der Waals surface area contributed by atoms with Crippen LogP contribution < -0.4 is 16.0 Å². The van der Waals surface area contributed by atoms with E-state index >= 15 is 0 Å². The number of rotatable bonds is 5. The average molecular weight is 397 g/mol. The molecular formula is C23H23N7. The van der Waals surface area contributed by atoms with Crippen LogP contribution >= 0.6 is 0 Å². The first-order valence-corrected chi connectivity index (χ1v) is 10.3. The van der Waals surface area contributed by atoms with Crippen LogP contribution in [0.1, 0.15) is 36.3 Å². The second kappa shape index (κ2) is 7.73. The molecular weight excluding hydrogens is 374 g/mol. The van der Waals surface area contributed by atoms with E-state index in [-0.39, 0.29) is 6.04 Å². The monoisotopic (exact) mass is 397 g/mol. The Morgan fingerprint density at radius 3 is 2.67 bits per heavy atom. The van der Waals surface area contributed by atoms with E-state index in [0.29, 0.717) is 17.3 Å². The molecule has 0 spiro atoms. The Morgan fingerprint density at radius 2 is 1.97 bits per heavy atom. The highest BCUT2D eigenvalue weighted by Gasteiger charge is 2.25. The first-order valence-electron chi connectivity index (χ1n) is 10.3. The zero-order valence-electron chi connectivity index (χ0n) is 16.6. The summed E-state index contributed by atoms with van der Waals surface area (Å²) in [6.45, 7) is 1.80. The van der Waals surface area contributed by atoms with Crippen molar-refractivity contribution in [2.45, 2.75) is 31.2 Å². The van der Waals surface area contributed by atoms with Crippen molar-refractivity contribution in [1.29, 1.82) is 5.26 Å². The maximum Gasteiger partial charge on any atom is 0.132 e. The highest BCUT2D eigenvalue weighted by molar-refractivity contribution is 5.66. The Kier molecular flexibility index (Phi) is 4.77. The van der Waals surface area contributed by atoms with Crippen molar-refractivity contribution in [3.05, 3.63) is 59.9 Å². The maximum absolute atomic E-state index is 9.12. The van der Waals surface area contributed by atoms with Gasteiger partial charge >= 0.3 is 0 Å². The topological polar surface area (TPSA) is 104 Å². The number of hydrogen-bond acceptors (Lipinski definition) is 7. The molecule has 5 rings (SSSR count). The van der Waals surface area contributed by atoms with Gasteiger partial charge in [0.25, 0.3) is 0 Å². The first kappa shape index (κ1) is 18.5. The molecule has 1 aliphatic heterocycles. The summed E-state index contributed by atoms with van der Waals surface area (Å²) in [7, 11) is 0. The van der Waals surface area contributed by atoms with Gasteiger partial charge < -0.3 is 16.0 Å². The van der Waals surface area contributed by atoms with Crippen molar-refractivity contribution in [2.24, 2.45) is 5.73 Å². The summed E-state index contributed by atoms with van der Waals surface area (Å²) in [4.78, 5) is 16.0. The number of nitriles is 1. The number of hydrogen-bond donors (Lipinski definition) is 2. The average Bonchev–Trinajstić information content (AvgIpc) is 3.54. The highest BCUT2D eigenvalue weighted by atomic mass is 15.2. The highest BCUT2D eigenvalue weighted by Crippen LogP contribution is 2.42. The van der Waals surface area contributed by atoms with Crippen LogP contribution in [-0.4, -0.2) is 34.1 Å². The molecule has 150 valence electrons. The number of nitrogens with one attached hydrogen (secondary N) is 1. The van der Waals surface area contributed by atoms with Gasteiger partial charge in [0.05, 0.1) is 17.3 Å². The Labute approximate surface area is 175 Å².